The number of carbonyl (C=O) groups is 2. The molecule has 1 aromatic rings. The number of allylic oxidation sites excluding steroid dienone is 2. The van der Waals surface area contributed by atoms with Crippen LogP contribution >= 0.6 is 0 Å². The van der Waals surface area contributed by atoms with Gasteiger partial charge < -0.3 is 24.7 Å². The molecular weight excluding hydrogens is 364 g/mol. The second-order valence-electron chi connectivity index (χ2n) is 5.78. The van der Waals surface area contributed by atoms with Crippen molar-refractivity contribution in [2.45, 2.75) is 26.7 Å². The number of nitrogens with zero attached hydrogens (tertiary/aromatic N) is 1. The molecule has 0 aliphatic carbocycles. The Kier molecular flexibility index (Phi) is 7.04. The Morgan fingerprint density at radius 1 is 1.25 bits per heavy atom. The summed E-state index contributed by atoms with van der Waals surface area (Å²) in [5, 5.41) is 9.58. The predicted molar refractivity (Wildman–Crippen MR) is 98.6 cm³/mol. The van der Waals surface area contributed by atoms with E-state index in [4.69, 9.17) is 24.7 Å². The molecule has 2 N–H and O–H groups in total. The average Bonchev–Trinajstić information content (AvgIpc) is 2.66. The Labute approximate surface area is 163 Å². The van der Waals surface area contributed by atoms with E-state index in [9.17, 15) is 14.9 Å². The molecule has 1 heterocycles. The van der Waals surface area contributed by atoms with Gasteiger partial charge in [0.25, 0.3) is 0 Å². The van der Waals surface area contributed by atoms with E-state index in [1.165, 1.54) is 0 Å². The largest absolute Gasteiger partial charge is 0.482 e. The van der Waals surface area contributed by atoms with Gasteiger partial charge in [0.15, 0.2) is 6.61 Å². The van der Waals surface area contributed by atoms with Crippen molar-refractivity contribution in [1.82, 2.24) is 0 Å². The van der Waals surface area contributed by atoms with Crippen LogP contribution in [0.5, 0.6) is 5.75 Å². The Bertz CT molecular complexity index is 866. The standard InChI is InChI=1S/C20H22N2O6/c1-4-25-16(23)11-27-14-8-6-7-13(9-14)18-15(10-21)19(22)28-12(3)17(18)20(24)26-5-2/h6-9,18H,4-5,11,22H2,1-3H3. The summed E-state index contributed by atoms with van der Waals surface area (Å²) in [6.45, 7) is 5.15. The number of esters is 2. The summed E-state index contributed by atoms with van der Waals surface area (Å²) in [5.74, 6) is -1.29. The van der Waals surface area contributed by atoms with Crippen LogP contribution < -0.4 is 10.5 Å². The van der Waals surface area contributed by atoms with Crippen LogP contribution in [0.15, 0.2) is 47.1 Å². The fraction of sp³-hybridized carbons (Fsp3) is 0.350. The number of rotatable bonds is 7. The summed E-state index contributed by atoms with van der Waals surface area (Å²) in [7, 11) is 0. The van der Waals surface area contributed by atoms with Crippen molar-refractivity contribution in [3.05, 3.63) is 52.6 Å². The van der Waals surface area contributed by atoms with Gasteiger partial charge in [0.1, 0.15) is 23.2 Å². The first-order chi connectivity index (χ1) is 13.4. The van der Waals surface area contributed by atoms with Gasteiger partial charge in [-0.3, -0.25) is 0 Å². The second-order valence-corrected chi connectivity index (χ2v) is 5.78. The lowest BCUT2D eigenvalue weighted by molar-refractivity contribution is -0.145. The van der Waals surface area contributed by atoms with Crippen LogP contribution in [0.2, 0.25) is 0 Å². The van der Waals surface area contributed by atoms with Gasteiger partial charge in [0.2, 0.25) is 5.88 Å². The number of hydrogen-bond acceptors (Lipinski definition) is 8. The lowest BCUT2D eigenvalue weighted by atomic mass is 9.83. The van der Waals surface area contributed by atoms with Crippen molar-refractivity contribution in [2.75, 3.05) is 19.8 Å². The third-order valence-corrected chi connectivity index (χ3v) is 3.95. The van der Waals surface area contributed by atoms with E-state index in [2.05, 4.69) is 0 Å². The molecule has 0 amide bonds. The van der Waals surface area contributed by atoms with Crippen LogP contribution in [-0.2, 0) is 23.8 Å². The summed E-state index contributed by atoms with van der Waals surface area (Å²) >= 11 is 0. The molecule has 0 fully saturated rings. The lowest BCUT2D eigenvalue weighted by Crippen LogP contribution is -2.25. The first-order valence-electron chi connectivity index (χ1n) is 8.76. The van der Waals surface area contributed by atoms with E-state index < -0.39 is 17.9 Å². The molecule has 1 aliphatic heterocycles. The summed E-state index contributed by atoms with van der Waals surface area (Å²) in [5.41, 5.74) is 6.73. The van der Waals surface area contributed by atoms with E-state index in [0.717, 1.165) is 0 Å². The minimum absolute atomic E-state index is 0.0732. The summed E-state index contributed by atoms with van der Waals surface area (Å²) in [6, 6.07) is 8.71. The van der Waals surface area contributed by atoms with Crippen molar-refractivity contribution in [3.8, 4) is 11.8 Å². The highest BCUT2D eigenvalue weighted by molar-refractivity contribution is 5.92. The molecule has 0 saturated carbocycles. The number of benzene rings is 1. The Morgan fingerprint density at radius 2 is 1.96 bits per heavy atom. The van der Waals surface area contributed by atoms with Crippen LogP contribution in [0.3, 0.4) is 0 Å². The molecule has 0 radical (unpaired) electrons. The van der Waals surface area contributed by atoms with Gasteiger partial charge in [-0.25, -0.2) is 9.59 Å². The number of ether oxygens (including phenoxy) is 4. The highest BCUT2D eigenvalue weighted by Gasteiger charge is 2.36. The molecule has 1 aromatic carbocycles. The van der Waals surface area contributed by atoms with Crippen molar-refractivity contribution in [2.24, 2.45) is 5.73 Å². The molecule has 1 aliphatic rings. The number of nitrogens with two attached hydrogens (primary N) is 1. The number of nitriles is 1. The smallest absolute Gasteiger partial charge is 0.344 e. The SMILES string of the molecule is CCOC(=O)COc1cccc(C2C(C#N)=C(N)OC(C)=C2C(=O)OCC)c1. The molecule has 8 nitrogen and oxygen atoms in total. The fourth-order valence-electron chi connectivity index (χ4n) is 2.82. The van der Waals surface area contributed by atoms with Crippen LogP contribution in [0.1, 0.15) is 32.3 Å². The molecule has 0 bridgehead atoms. The van der Waals surface area contributed by atoms with Gasteiger partial charge in [-0.2, -0.15) is 5.26 Å². The first-order valence-corrected chi connectivity index (χ1v) is 8.76. The molecule has 148 valence electrons. The molecule has 8 heteroatoms. The van der Waals surface area contributed by atoms with Crippen molar-refractivity contribution < 1.29 is 28.5 Å². The van der Waals surface area contributed by atoms with Crippen molar-refractivity contribution >= 4 is 11.9 Å². The lowest BCUT2D eigenvalue weighted by Gasteiger charge is -2.27. The van der Waals surface area contributed by atoms with Gasteiger partial charge in [-0.05, 0) is 38.5 Å². The van der Waals surface area contributed by atoms with Crippen LogP contribution in [0.4, 0.5) is 0 Å². The zero-order valence-electron chi connectivity index (χ0n) is 16.0. The van der Waals surface area contributed by atoms with Crippen LogP contribution in [0, 0.1) is 11.3 Å². The summed E-state index contributed by atoms with van der Waals surface area (Å²) in [6.07, 6.45) is 0. The normalized spacial score (nSPS) is 16.1. The van der Waals surface area contributed by atoms with Crippen LogP contribution in [0.25, 0.3) is 0 Å². The van der Waals surface area contributed by atoms with E-state index in [1.54, 1.807) is 45.0 Å². The van der Waals surface area contributed by atoms with E-state index >= 15 is 0 Å². The molecule has 1 unspecified atom stereocenters. The third kappa shape index (κ3) is 4.62. The van der Waals surface area contributed by atoms with Crippen molar-refractivity contribution in [1.29, 1.82) is 5.26 Å². The Balaban J connectivity index is 2.41. The molecular formula is C20H22N2O6. The maximum atomic E-state index is 12.5. The molecule has 0 aromatic heterocycles. The Hall–Kier alpha value is -3.47. The van der Waals surface area contributed by atoms with Gasteiger partial charge in [-0.1, -0.05) is 12.1 Å². The predicted octanol–water partition coefficient (Wildman–Crippen LogP) is 2.27. The topological polar surface area (TPSA) is 121 Å². The first kappa shape index (κ1) is 20.8. The average molecular weight is 386 g/mol. The second kappa shape index (κ2) is 9.46. The van der Waals surface area contributed by atoms with Gasteiger partial charge in [-0.15, -0.1) is 0 Å². The van der Waals surface area contributed by atoms with Gasteiger partial charge in [0, 0.05) is 0 Å². The molecule has 2 rings (SSSR count). The Morgan fingerprint density at radius 3 is 2.61 bits per heavy atom. The summed E-state index contributed by atoms with van der Waals surface area (Å²) in [4.78, 5) is 24.0. The molecule has 0 saturated heterocycles. The quantitative estimate of drug-likeness (QED) is 0.709. The highest BCUT2D eigenvalue weighted by Crippen LogP contribution is 2.40. The van der Waals surface area contributed by atoms with Crippen molar-refractivity contribution in [3.63, 3.8) is 0 Å². The maximum Gasteiger partial charge on any atom is 0.344 e. The number of hydrogen-bond donors (Lipinski definition) is 1. The molecule has 1 atom stereocenters. The monoisotopic (exact) mass is 386 g/mol. The minimum Gasteiger partial charge on any atom is -0.482 e. The fourth-order valence-corrected chi connectivity index (χ4v) is 2.82. The molecule has 0 spiro atoms. The zero-order valence-corrected chi connectivity index (χ0v) is 16.0. The van der Waals surface area contributed by atoms with Gasteiger partial charge in [0.05, 0.1) is 24.7 Å². The highest BCUT2D eigenvalue weighted by atomic mass is 16.6. The van der Waals surface area contributed by atoms with Crippen LogP contribution in [-0.4, -0.2) is 31.8 Å². The number of carbonyl (C=O) groups excluding carboxylic acids is 2. The maximum absolute atomic E-state index is 12.5. The van der Waals surface area contributed by atoms with Gasteiger partial charge >= 0.3 is 11.9 Å². The summed E-state index contributed by atoms with van der Waals surface area (Å²) < 4.78 is 20.8. The zero-order chi connectivity index (χ0) is 20.7. The van der Waals surface area contributed by atoms with E-state index in [-0.39, 0.29) is 42.6 Å². The van der Waals surface area contributed by atoms with E-state index in [1.807, 2.05) is 6.07 Å². The minimum atomic E-state index is -0.774. The molecule has 28 heavy (non-hydrogen) atoms. The van der Waals surface area contributed by atoms with E-state index in [0.29, 0.717) is 11.3 Å². The third-order valence-electron chi connectivity index (χ3n) is 3.95.